The van der Waals surface area contributed by atoms with E-state index in [4.69, 9.17) is 4.74 Å². The Kier molecular flexibility index (Phi) is 28.5. The fourth-order valence-corrected chi connectivity index (χ4v) is 10.5. The summed E-state index contributed by atoms with van der Waals surface area (Å²) >= 11 is 8.13. The molecule has 0 saturated heterocycles. The molecule has 2 rings (SSSR count). The van der Waals surface area contributed by atoms with Crippen molar-refractivity contribution in [2.24, 2.45) is 0 Å². The van der Waals surface area contributed by atoms with E-state index in [0.29, 0.717) is 27.7 Å². The average molecular weight is 1220 g/mol. The lowest BCUT2D eigenvalue weighted by atomic mass is 9.92. The topological polar surface area (TPSA) is 101 Å². The number of halogens is 4. The van der Waals surface area contributed by atoms with Crippen molar-refractivity contribution in [2.45, 2.75) is 195 Å². The molecule has 56 heavy (non-hydrogen) atoms. The fraction of sp³-hybridized carbons (Fsp3) is 0.674. The van der Waals surface area contributed by atoms with Crippen LogP contribution in [0.2, 0.25) is 0 Å². The number of carboxylic acids is 1. The van der Waals surface area contributed by atoms with E-state index in [1.54, 1.807) is 18.2 Å². The highest BCUT2D eigenvalue weighted by Gasteiger charge is 2.37. The van der Waals surface area contributed by atoms with E-state index in [-0.39, 0.29) is 47.0 Å². The quantitative estimate of drug-likeness (QED) is 0.0313. The van der Waals surface area contributed by atoms with Gasteiger partial charge in [-0.2, -0.15) is 0 Å². The van der Waals surface area contributed by atoms with Crippen LogP contribution in [0.5, 0.6) is 17.2 Å². The van der Waals surface area contributed by atoms with E-state index < -0.39 is 7.40 Å². The second-order valence-electron chi connectivity index (χ2n) is 15.4. The zero-order valence-electron chi connectivity index (χ0n) is 34.1. The van der Waals surface area contributed by atoms with Crippen molar-refractivity contribution in [2.75, 3.05) is 0 Å². The van der Waals surface area contributed by atoms with Crippen LogP contribution in [0, 0.1) is 7.14 Å². The number of aromatic hydroxyl groups is 1. The van der Waals surface area contributed by atoms with E-state index in [2.05, 4.69) is 59.0 Å². The van der Waals surface area contributed by atoms with Crippen LogP contribution in [-0.4, -0.2) is 27.7 Å². The van der Waals surface area contributed by atoms with Gasteiger partial charge in [-0.1, -0.05) is 174 Å². The van der Waals surface area contributed by atoms with Crippen LogP contribution in [0.15, 0.2) is 24.3 Å². The zero-order valence-corrected chi connectivity index (χ0v) is 42.8. The van der Waals surface area contributed by atoms with E-state index in [9.17, 15) is 24.6 Å². The molecule has 0 heterocycles. The highest BCUT2D eigenvalue weighted by atomic mass is 127. The highest BCUT2D eigenvalue weighted by Crippen LogP contribution is 2.45. The van der Waals surface area contributed by atoms with E-state index in [1.807, 2.05) is 45.2 Å². The number of Topliss-reactive ketones (excluding diaryl/α,β-unsaturated/α-hetero) is 2. The van der Waals surface area contributed by atoms with E-state index >= 15 is 0 Å². The van der Waals surface area contributed by atoms with Gasteiger partial charge in [0.2, 0.25) is 0 Å². The minimum atomic E-state index is -1.16. The number of benzene rings is 2. The predicted molar refractivity (Wildman–Crippen MR) is 267 cm³/mol. The van der Waals surface area contributed by atoms with Crippen LogP contribution in [-0.2, 0) is 6.22 Å². The van der Waals surface area contributed by atoms with Gasteiger partial charge >= 0.3 is 5.97 Å². The number of ether oxygens (including phenoxy) is 1. The van der Waals surface area contributed by atoms with Crippen molar-refractivity contribution in [3.05, 3.63) is 48.1 Å². The molecule has 2 N–H and O–H groups in total. The number of aliphatic carboxylic acids is 1. The van der Waals surface area contributed by atoms with Crippen molar-refractivity contribution in [3.8, 4) is 17.2 Å². The number of hydrogen-bond donors (Lipinski definition) is 2. The molecular formula is C46H68I4O6. The molecule has 0 bridgehead atoms. The van der Waals surface area contributed by atoms with Crippen molar-refractivity contribution in [3.63, 3.8) is 0 Å². The number of ketones is 2. The number of rotatable bonds is 34. The Morgan fingerprint density at radius 1 is 0.518 bits per heavy atom. The third-order valence-corrected chi connectivity index (χ3v) is 15.9. The molecule has 0 aliphatic carbocycles. The molecule has 10 heteroatoms. The SMILES string of the molecule is CCCCCCCCCCCCCCCC(=O)c1c(O)ccc(Oc2ccc(C(I)(I)C(=O)O)c(I)c2I)c1C(=O)CCCCCCCCCCCCCCC. The predicted octanol–water partition coefficient (Wildman–Crippen LogP) is 16.8. The molecule has 316 valence electrons. The summed E-state index contributed by atoms with van der Waals surface area (Å²) in [6, 6.07) is 6.48. The molecule has 0 unspecified atom stereocenters. The highest BCUT2D eigenvalue weighted by molar-refractivity contribution is 14.2. The van der Waals surface area contributed by atoms with Gasteiger partial charge in [0.25, 0.3) is 0 Å². The Hall–Kier alpha value is -0.230. The molecular weight excluding hydrogens is 1160 g/mol. The molecule has 0 spiro atoms. The largest absolute Gasteiger partial charge is 0.507 e. The van der Waals surface area contributed by atoms with Gasteiger partial charge in [0, 0.05) is 22.0 Å². The molecule has 2 aromatic rings. The summed E-state index contributed by atoms with van der Waals surface area (Å²) in [4.78, 5) is 39.8. The monoisotopic (exact) mass is 1220 g/mol. The maximum absolute atomic E-state index is 14.0. The number of unbranched alkanes of at least 4 members (excludes halogenated alkanes) is 24. The second-order valence-corrected chi connectivity index (χ2v) is 22.8. The van der Waals surface area contributed by atoms with E-state index in [0.717, 1.165) is 35.7 Å². The van der Waals surface area contributed by atoms with Gasteiger partial charge in [-0.25, -0.2) is 4.79 Å². The molecule has 0 aliphatic rings. The van der Waals surface area contributed by atoms with Gasteiger partial charge in [-0.05, 0) is 121 Å². The maximum Gasteiger partial charge on any atom is 0.334 e. The van der Waals surface area contributed by atoms with Crippen LogP contribution in [0.1, 0.15) is 220 Å². The summed E-state index contributed by atoms with van der Waals surface area (Å²) in [5, 5.41) is 20.9. The van der Waals surface area contributed by atoms with Crippen molar-refractivity contribution < 1.29 is 29.3 Å². The van der Waals surface area contributed by atoms with Crippen LogP contribution in [0.3, 0.4) is 0 Å². The maximum atomic E-state index is 14.0. The Morgan fingerprint density at radius 2 is 0.875 bits per heavy atom. The third-order valence-electron chi connectivity index (χ3n) is 10.6. The van der Waals surface area contributed by atoms with Gasteiger partial charge in [0.1, 0.15) is 17.2 Å². The van der Waals surface area contributed by atoms with E-state index in [1.165, 1.54) is 128 Å². The summed E-state index contributed by atoms with van der Waals surface area (Å²) in [7, 11) is 0. The first-order valence-electron chi connectivity index (χ1n) is 21.7. The number of hydrogen-bond acceptors (Lipinski definition) is 5. The van der Waals surface area contributed by atoms with Gasteiger partial charge in [0.05, 0.1) is 14.7 Å². The van der Waals surface area contributed by atoms with Gasteiger partial charge in [0.15, 0.2) is 13.0 Å². The molecule has 0 atom stereocenters. The lowest BCUT2D eigenvalue weighted by Gasteiger charge is -2.21. The summed E-state index contributed by atoms with van der Waals surface area (Å²) in [5.74, 6) is -0.864. The Balaban J connectivity index is 2.06. The summed E-state index contributed by atoms with van der Waals surface area (Å²) < 4.78 is 6.70. The summed E-state index contributed by atoms with van der Waals surface area (Å²) in [6.07, 6.45) is 32.0. The number of phenolic OH excluding ortho intramolecular Hbond substituents is 1. The lowest BCUT2D eigenvalue weighted by molar-refractivity contribution is -0.136. The van der Waals surface area contributed by atoms with Crippen LogP contribution >= 0.6 is 90.4 Å². The minimum absolute atomic E-state index is 0.0619. The van der Waals surface area contributed by atoms with Gasteiger partial charge < -0.3 is 14.9 Å². The summed E-state index contributed by atoms with van der Waals surface area (Å²) in [5.41, 5.74) is 0.856. The summed E-state index contributed by atoms with van der Waals surface area (Å²) in [6.45, 7) is 4.51. The Labute approximate surface area is 393 Å². The number of phenols is 1. The number of carbonyl (C=O) groups is 3. The molecule has 0 fully saturated rings. The van der Waals surface area contributed by atoms with Crippen molar-refractivity contribution in [1.82, 2.24) is 0 Å². The molecule has 0 aliphatic heterocycles. The second kappa shape index (κ2) is 30.7. The van der Waals surface area contributed by atoms with Crippen LogP contribution in [0.25, 0.3) is 0 Å². The Morgan fingerprint density at radius 3 is 1.27 bits per heavy atom. The lowest BCUT2D eigenvalue weighted by Crippen LogP contribution is -2.22. The standard InChI is InChI=1S/C46H68I4O6/c1-3-5-7-9-11-13-15-17-19-21-23-25-27-29-36(51)41-38(53)32-34-39(56-40-33-31-35(43(47)44(40)48)46(49,50)45(54)55)42(41)37(52)30-28-26-24-22-20-18-16-14-12-10-8-6-4-2/h31-34,53H,3-30H2,1-2H3,(H,54,55). The smallest absolute Gasteiger partial charge is 0.334 e. The third kappa shape index (κ3) is 19.4. The average Bonchev–Trinajstić information content (AvgIpc) is 3.17. The van der Waals surface area contributed by atoms with Crippen LogP contribution in [0.4, 0.5) is 0 Å². The van der Waals surface area contributed by atoms with Crippen LogP contribution < -0.4 is 4.74 Å². The molecule has 0 amide bonds. The minimum Gasteiger partial charge on any atom is -0.507 e. The van der Waals surface area contributed by atoms with Crippen molar-refractivity contribution in [1.29, 1.82) is 0 Å². The number of carboxylic acid groups (broad SMARTS) is 1. The molecule has 2 aromatic carbocycles. The first kappa shape index (κ1) is 51.9. The zero-order chi connectivity index (χ0) is 41.2. The van der Waals surface area contributed by atoms with Gasteiger partial charge in [-0.15, -0.1) is 0 Å². The molecule has 0 saturated carbocycles. The number of carbonyl (C=O) groups excluding carboxylic acids is 2. The normalized spacial score (nSPS) is 11.6. The first-order valence-corrected chi connectivity index (χ1v) is 26.0. The fourth-order valence-electron chi connectivity index (χ4n) is 7.16. The molecule has 0 aromatic heterocycles. The molecule has 0 radical (unpaired) electrons. The first-order chi connectivity index (χ1) is 27.0. The van der Waals surface area contributed by atoms with Gasteiger partial charge in [-0.3, -0.25) is 9.59 Å². The Bertz CT molecular complexity index is 1460. The number of alkyl halides is 2. The molecule has 6 nitrogen and oxygen atoms in total. The van der Waals surface area contributed by atoms with Crippen molar-refractivity contribution >= 4 is 108 Å².